The van der Waals surface area contributed by atoms with Crippen LogP contribution in [0.4, 0.5) is 10.1 Å². The summed E-state index contributed by atoms with van der Waals surface area (Å²) in [6.07, 6.45) is 4.70. The molecule has 0 spiro atoms. The lowest BCUT2D eigenvalue weighted by Gasteiger charge is -2.37. The second-order valence-electron chi connectivity index (χ2n) is 6.02. The molecular formula is C16H22FN3O. The van der Waals surface area contributed by atoms with Crippen molar-refractivity contribution in [3.05, 3.63) is 29.6 Å². The highest BCUT2D eigenvalue weighted by atomic mass is 19.1. The van der Waals surface area contributed by atoms with Gasteiger partial charge in [0.1, 0.15) is 5.82 Å². The van der Waals surface area contributed by atoms with Gasteiger partial charge in [-0.2, -0.15) is 0 Å². The molecule has 4 nitrogen and oxygen atoms in total. The van der Waals surface area contributed by atoms with Crippen LogP contribution >= 0.6 is 0 Å². The minimum absolute atomic E-state index is 0.0728. The molecular weight excluding hydrogens is 269 g/mol. The third kappa shape index (κ3) is 3.02. The summed E-state index contributed by atoms with van der Waals surface area (Å²) in [7, 11) is 0. The third-order valence-electron chi connectivity index (χ3n) is 4.58. The van der Waals surface area contributed by atoms with Gasteiger partial charge >= 0.3 is 0 Å². The Hall–Kier alpha value is -1.62. The van der Waals surface area contributed by atoms with Gasteiger partial charge in [-0.1, -0.05) is 0 Å². The number of carbonyl (C=O) groups is 1. The number of rotatable bonds is 2. The van der Waals surface area contributed by atoms with Gasteiger partial charge in [-0.05, 0) is 57.0 Å². The van der Waals surface area contributed by atoms with E-state index in [1.165, 1.54) is 31.0 Å². The molecule has 1 aromatic rings. The fraction of sp³-hybridized carbons (Fsp3) is 0.562. The van der Waals surface area contributed by atoms with Gasteiger partial charge in [-0.3, -0.25) is 9.69 Å². The Morgan fingerprint density at radius 3 is 2.67 bits per heavy atom. The quantitative estimate of drug-likeness (QED) is 0.849. The highest BCUT2D eigenvalue weighted by Crippen LogP contribution is 2.23. The number of hydrogen-bond donors (Lipinski definition) is 1. The lowest BCUT2D eigenvalue weighted by molar-refractivity contribution is 0.0609. The molecule has 0 saturated carbocycles. The number of amides is 1. The first-order valence-electron chi connectivity index (χ1n) is 7.73. The Morgan fingerprint density at radius 1 is 1.19 bits per heavy atom. The van der Waals surface area contributed by atoms with E-state index in [1.807, 2.05) is 4.90 Å². The minimum atomic E-state index is -0.405. The van der Waals surface area contributed by atoms with Gasteiger partial charge in [0, 0.05) is 24.8 Å². The summed E-state index contributed by atoms with van der Waals surface area (Å²) in [5.41, 5.74) is 6.43. The maximum atomic E-state index is 13.1. The largest absolute Gasteiger partial charge is 0.398 e. The van der Waals surface area contributed by atoms with E-state index >= 15 is 0 Å². The number of halogens is 1. The molecule has 2 saturated heterocycles. The molecule has 0 radical (unpaired) electrons. The van der Waals surface area contributed by atoms with Gasteiger partial charge in [0.2, 0.25) is 0 Å². The lowest BCUT2D eigenvalue weighted by atomic mass is 10.0. The zero-order valence-corrected chi connectivity index (χ0v) is 12.2. The summed E-state index contributed by atoms with van der Waals surface area (Å²) in [6, 6.07) is 4.47. The molecule has 1 amide bonds. The molecule has 1 aromatic carbocycles. The van der Waals surface area contributed by atoms with E-state index in [1.54, 1.807) is 0 Å². The number of nitrogen functional groups attached to an aromatic ring is 1. The molecule has 2 fully saturated rings. The standard InChI is InChI=1S/C16H22FN3O/c17-12-5-6-14(15(18)10-12)16(21)20-9-3-4-13(11-20)19-7-1-2-8-19/h5-6,10,13H,1-4,7-9,11,18H2. The normalized spacial score (nSPS) is 23.5. The first-order valence-corrected chi connectivity index (χ1v) is 7.73. The summed E-state index contributed by atoms with van der Waals surface area (Å²) in [4.78, 5) is 17.0. The van der Waals surface area contributed by atoms with Crippen LogP contribution in [0.2, 0.25) is 0 Å². The van der Waals surface area contributed by atoms with E-state index in [9.17, 15) is 9.18 Å². The maximum absolute atomic E-state index is 13.1. The Bertz CT molecular complexity index is 528. The molecule has 2 N–H and O–H groups in total. The van der Waals surface area contributed by atoms with Crippen molar-refractivity contribution in [2.75, 3.05) is 31.9 Å². The van der Waals surface area contributed by atoms with E-state index in [2.05, 4.69) is 4.90 Å². The van der Waals surface area contributed by atoms with Crippen LogP contribution in [0.25, 0.3) is 0 Å². The molecule has 1 unspecified atom stereocenters. The van der Waals surface area contributed by atoms with Crippen LogP contribution in [0.3, 0.4) is 0 Å². The molecule has 0 aromatic heterocycles. The minimum Gasteiger partial charge on any atom is -0.398 e. The second-order valence-corrected chi connectivity index (χ2v) is 6.02. The van der Waals surface area contributed by atoms with Gasteiger partial charge in [-0.15, -0.1) is 0 Å². The number of anilines is 1. The Balaban J connectivity index is 1.71. The molecule has 114 valence electrons. The molecule has 2 aliphatic rings. The van der Waals surface area contributed by atoms with E-state index in [4.69, 9.17) is 5.73 Å². The molecule has 2 aliphatic heterocycles. The van der Waals surface area contributed by atoms with Crippen LogP contribution in [-0.2, 0) is 0 Å². The van der Waals surface area contributed by atoms with Crippen molar-refractivity contribution in [3.8, 4) is 0 Å². The fourth-order valence-electron chi connectivity index (χ4n) is 3.44. The van der Waals surface area contributed by atoms with Gasteiger partial charge in [-0.25, -0.2) is 4.39 Å². The van der Waals surface area contributed by atoms with E-state index < -0.39 is 5.82 Å². The average Bonchev–Trinajstić information content (AvgIpc) is 3.01. The van der Waals surface area contributed by atoms with Crippen molar-refractivity contribution in [2.45, 2.75) is 31.7 Å². The van der Waals surface area contributed by atoms with Crippen LogP contribution in [-0.4, -0.2) is 47.9 Å². The molecule has 0 bridgehead atoms. The van der Waals surface area contributed by atoms with Crippen molar-refractivity contribution in [2.24, 2.45) is 0 Å². The monoisotopic (exact) mass is 291 g/mol. The number of nitrogens with two attached hydrogens (primary N) is 1. The fourth-order valence-corrected chi connectivity index (χ4v) is 3.44. The smallest absolute Gasteiger partial charge is 0.256 e. The number of hydrogen-bond acceptors (Lipinski definition) is 3. The van der Waals surface area contributed by atoms with E-state index in [0.29, 0.717) is 11.6 Å². The first-order chi connectivity index (χ1) is 10.1. The van der Waals surface area contributed by atoms with Crippen molar-refractivity contribution in [3.63, 3.8) is 0 Å². The van der Waals surface area contributed by atoms with Crippen molar-refractivity contribution in [1.29, 1.82) is 0 Å². The summed E-state index contributed by atoms with van der Waals surface area (Å²) < 4.78 is 13.1. The average molecular weight is 291 g/mol. The molecule has 0 aliphatic carbocycles. The summed E-state index contributed by atoms with van der Waals surface area (Å²) >= 11 is 0. The Labute approximate surface area is 124 Å². The van der Waals surface area contributed by atoms with Crippen molar-refractivity contribution < 1.29 is 9.18 Å². The summed E-state index contributed by atoms with van der Waals surface area (Å²) in [5, 5.41) is 0. The van der Waals surface area contributed by atoms with Crippen LogP contribution in [0, 0.1) is 5.82 Å². The molecule has 21 heavy (non-hydrogen) atoms. The maximum Gasteiger partial charge on any atom is 0.256 e. The topological polar surface area (TPSA) is 49.6 Å². The lowest BCUT2D eigenvalue weighted by Crippen LogP contribution is -2.49. The highest BCUT2D eigenvalue weighted by molar-refractivity contribution is 5.99. The van der Waals surface area contributed by atoms with Crippen LogP contribution < -0.4 is 5.73 Å². The van der Waals surface area contributed by atoms with E-state index in [0.717, 1.165) is 39.0 Å². The second kappa shape index (κ2) is 6.02. The number of nitrogens with zero attached hydrogens (tertiary/aromatic N) is 2. The third-order valence-corrected chi connectivity index (χ3v) is 4.58. The van der Waals surface area contributed by atoms with Gasteiger partial charge in [0.25, 0.3) is 5.91 Å². The van der Waals surface area contributed by atoms with Gasteiger partial charge in [0.15, 0.2) is 0 Å². The number of piperidine rings is 1. The Kier molecular flexibility index (Phi) is 4.10. The van der Waals surface area contributed by atoms with Gasteiger partial charge in [0.05, 0.1) is 5.56 Å². The highest BCUT2D eigenvalue weighted by Gasteiger charge is 2.30. The van der Waals surface area contributed by atoms with Crippen molar-refractivity contribution >= 4 is 11.6 Å². The van der Waals surface area contributed by atoms with E-state index in [-0.39, 0.29) is 11.6 Å². The molecule has 1 atom stereocenters. The molecule has 5 heteroatoms. The number of likely N-dealkylation sites (tertiary alicyclic amines) is 2. The van der Waals surface area contributed by atoms with Crippen LogP contribution in [0.5, 0.6) is 0 Å². The molecule has 3 rings (SSSR count). The van der Waals surface area contributed by atoms with Crippen LogP contribution in [0.15, 0.2) is 18.2 Å². The van der Waals surface area contributed by atoms with Crippen molar-refractivity contribution in [1.82, 2.24) is 9.80 Å². The number of carbonyl (C=O) groups excluding carboxylic acids is 1. The Morgan fingerprint density at radius 2 is 1.95 bits per heavy atom. The summed E-state index contributed by atoms with van der Waals surface area (Å²) in [6.45, 7) is 3.81. The van der Waals surface area contributed by atoms with Crippen LogP contribution in [0.1, 0.15) is 36.0 Å². The SMILES string of the molecule is Nc1cc(F)ccc1C(=O)N1CCCC(N2CCCC2)C1. The zero-order chi connectivity index (χ0) is 14.8. The molecule has 2 heterocycles. The first kappa shape index (κ1) is 14.3. The summed E-state index contributed by atoms with van der Waals surface area (Å²) in [5.74, 6) is -0.478. The predicted octanol–water partition coefficient (Wildman–Crippen LogP) is 2.11. The zero-order valence-electron chi connectivity index (χ0n) is 12.2. The predicted molar refractivity (Wildman–Crippen MR) is 80.5 cm³/mol. The van der Waals surface area contributed by atoms with Gasteiger partial charge < -0.3 is 10.6 Å². The number of benzene rings is 1.